The van der Waals surface area contributed by atoms with Crippen molar-refractivity contribution in [2.45, 2.75) is 13.0 Å². The lowest BCUT2D eigenvalue weighted by molar-refractivity contribution is -0.383. The van der Waals surface area contributed by atoms with Gasteiger partial charge in [-0.2, -0.15) is 0 Å². The van der Waals surface area contributed by atoms with Gasteiger partial charge in [-0.25, -0.2) is 0 Å². The molecule has 0 atom stereocenters. The van der Waals surface area contributed by atoms with Gasteiger partial charge >= 0.3 is 0 Å². The second-order valence-electron chi connectivity index (χ2n) is 6.31. The van der Waals surface area contributed by atoms with Crippen LogP contribution in [0.15, 0.2) is 60.9 Å². The molecule has 6 nitrogen and oxygen atoms in total. The van der Waals surface area contributed by atoms with Crippen LogP contribution in [-0.4, -0.2) is 34.9 Å². The molecule has 6 heteroatoms. The number of hydrogen-bond donors (Lipinski definition) is 1. The predicted molar refractivity (Wildman–Crippen MR) is 104 cm³/mol. The molecule has 0 bridgehead atoms. The normalized spacial score (nSPS) is 11.0. The van der Waals surface area contributed by atoms with E-state index in [-0.39, 0.29) is 10.6 Å². The quantitative estimate of drug-likeness (QED) is 0.376. The van der Waals surface area contributed by atoms with Gasteiger partial charge in [-0.3, -0.25) is 15.1 Å². The fourth-order valence-corrected chi connectivity index (χ4v) is 3.03. The summed E-state index contributed by atoms with van der Waals surface area (Å²) in [5.74, 6) is 0. The number of hydrogen-bond acceptors (Lipinski definition) is 5. The van der Waals surface area contributed by atoms with Gasteiger partial charge in [-0.05, 0) is 37.7 Å². The smallest absolute Gasteiger partial charge is 0.278 e. The van der Waals surface area contributed by atoms with Crippen molar-refractivity contribution in [1.29, 1.82) is 0 Å². The van der Waals surface area contributed by atoms with E-state index < -0.39 is 0 Å². The third-order valence-corrected chi connectivity index (χ3v) is 4.32. The maximum Gasteiger partial charge on any atom is 0.278 e. The Morgan fingerprint density at radius 3 is 2.69 bits per heavy atom. The molecule has 0 saturated heterocycles. The van der Waals surface area contributed by atoms with Crippen LogP contribution in [0.25, 0.3) is 10.8 Å². The van der Waals surface area contributed by atoms with Crippen molar-refractivity contribution in [1.82, 2.24) is 9.88 Å². The van der Waals surface area contributed by atoms with Crippen LogP contribution in [0.1, 0.15) is 12.0 Å². The van der Waals surface area contributed by atoms with Gasteiger partial charge in [-0.15, -0.1) is 0 Å². The molecule has 1 N–H and O–H groups in total. The molecule has 0 radical (unpaired) electrons. The number of nitro benzene ring substituents is 1. The van der Waals surface area contributed by atoms with Crippen LogP contribution in [0.4, 0.5) is 11.4 Å². The zero-order valence-electron chi connectivity index (χ0n) is 14.8. The van der Waals surface area contributed by atoms with Crippen LogP contribution >= 0.6 is 0 Å². The first-order chi connectivity index (χ1) is 12.6. The van der Waals surface area contributed by atoms with Gasteiger partial charge in [0.1, 0.15) is 0 Å². The molecule has 26 heavy (non-hydrogen) atoms. The standard InChI is InChI=1S/C20H22N4O2/c1-23(15-16-6-3-2-4-7-16)13-5-11-22-19-8-9-20(24(25)26)18-14-21-12-10-17(18)19/h2-4,6-10,12,14,22H,5,11,13,15H2,1H3. The summed E-state index contributed by atoms with van der Waals surface area (Å²) in [6, 6.07) is 15.5. The van der Waals surface area contributed by atoms with E-state index in [0.29, 0.717) is 5.39 Å². The predicted octanol–water partition coefficient (Wildman–Crippen LogP) is 4.08. The first-order valence-electron chi connectivity index (χ1n) is 8.62. The summed E-state index contributed by atoms with van der Waals surface area (Å²) in [7, 11) is 2.11. The Balaban J connectivity index is 1.57. The van der Waals surface area contributed by atoms with Crippen LogP contribution in [-0.2, 0) is 6.54 Å². The number of aromatic nitrogens is 1. The largest absolute Gasteiger partial charge is 0.384 e. The second kappa shape index (κ2) is 8.40. The van der Waals surface area contributed by atoms with E-state index in [9.17, 15) is 10.1 Å². The molecule has 0 aliphatic heterocycles. The van der Waals surface area contributed by atoms with Gasteiger partial charge < -0.3 is 10.2 Å². The number of nitro groups is 1. The SMILES string of the molecule is CN(CCCNc1ccc([N+](=O)[O-])c2cnccc12)Cc1ccccc1. The fourth-order valence-electron chi connectivity index (χ4n) is 3.03. The van der Waals surface area contributed by atoms with Crippen molar-refractivity contribution < 1.29 is 4.92 Å². The third-order valence-electron chi connectivity index (χ3n) is 4.32. The van der Waals surface area contributed by atoms with Crippen LogP contribution < -0.4 is 5.32 Å². The number of nitrogens with one attached hydrogen (secondary N) is 1. The summed E-state index contributed by atoms with van der Waals surface area (Å²) in [4.78, 5) is 17.1. The van der Waals surface area contributed by atoms with E-state index in [2.05, 4.69) is 46.5 Å². The van der Waals surface area contributed by atoms with Crippen molar-refractivity contribution in [2.75, 3.05) is 25.5 Å². The van der Waals surface area contributed by atoms with Gasteiger partial charge in [0, 0.05) is 42.6 Å². The number of non-ortho nitro benzene ring substituents is 1. The van der Waals surface area contributed by atoms with E-state index >= 15 is 0 Å². The molecule has 3 rings (SSSR count). The zero-order chi connectivity index (χ0) is 18.4. The molecule has 1 aromatic heterocycles. The van der Waals surface area contributed by atoms with Crippen LogP contribution in [0.3, 0.4) is 0 Å². The summed E-state index contributed by atoms with van der Waals surface area (Å²) in [5, 5.41) is 15.9. The first kappa shape index (κ1) is 17.8. The number of pyridine rings is 1. The molecular weight excluding hydrogens is 328 g/mol. The molecular formula is C20H22N4O2. The monoisotopic (exact) mass is 350 g/mol. The zero-order valence-corrected chi connectivity index (χ0v) is 14.8. The number of anilines is 1. The molecule has 1 heterocycles. The Labute approximate surface area is 152 Å². The van der Waals surface area contributed by atoms with Crippen molar-refractivity contribution in [2.24, 2.45) is 0 Å². The molecule has 0 fully saturated rings. The van der Waals surface area contributed by atoms with Crippen molar-refractivity contribution >= 4 is 22.1 Å². The molecule has 0 aliphatic carbocycles. The van der Waals surface area contributed by atoms with E-state index in [1.165, 1.54) is 11.6 Å². The molecule has 0 amide bonds. The molecule has 134 valence electrons. The Hall–Kier alpha value is -2.99. The fraction of sp³-hybridized carbons (Fsp3) is 0.250. The highest BCUT2D eigenvalue weighted by atomic mass is 16.6. The number of rotatable bonds is 8. The number of nitrogens with zero attached hydrogens (tertiary/aromatic N) is 3. The van der Waals surface area contributed by atoms with Gasteiger partial charge in [0.2, 0.25) is 0 Å². The topological polar surface area (TPSA) is 71.3 Å². The minimum atomic E-state index is -0.369. The molecule has 0 unspecified atom stereocenters. The Bertz CT molecular complexity index is 883. The number of benzene rings is 2. The highest BCUT2D eigenvalue weighted by Gasteiger charge is 2.14. The second-order valence-corrected chi connectivity index (χ2v) is 6.31. The molecule has 3 aromatic rings. The Morgan fingerprint density at radius 1 is 1.12 bits per heavy atom. The first-order valence-corrected chi connectivity index (χ1v) is 8.62. The van der Waals surface area contributed by atoms with Gasteiger partial charge in [-0.1, -0.05) is 30.3 Å². The summed E-state index contributed by atoms with van der Waals surface area (Å²) < 4.78 is 0. The summed E-state index contributed by atoms with van der Waals surface area (Å²) >= 11 is 0. The number of fused-ring (bicyclic) bond motifs is 1. The van der Waals surface area contributed by atoms with Gasteiger partial charge in [0.25, 0.3) is 5.69 Å². The van der Waals surface area contributed by atoms with E-state index in [1.807, 2.05) is 12.1 Å². The summed E-state index contributed by atoms with van der Waals surface area (Å²) in [6.45, 7) is 2.69. The van der Waals surface area contributed by atoms with Crippen LogP contribution in [0.5, 0.6) is 0 Å². The van der Waals surface area contributed by atoms with Crippen LogP contribution in [0.2, 0.25) is 0 Å². The maximum atomic E-state index is 11.2. The average molecular weight is 350 g/mol. The summed E-state index contributed by atoms with van der Waals surface area (Å²) in [5.41, 5.74) is 2.29. The summed E-state index contributed by atoms with van der Waals surface area (Å²) in [6.07, 6.45) is 4.18. The van der Waals surface area contributed by atoms with E-state index in [1.54, 1.807) is 18.5 Å². The molecule has 0 aliphatic rings. The lowest BCUT2D eigenvalue weighted by Gasteiger charge is -2.17. The minimum absolute atomic E-state index is 0.0845. The van der Waals surface area contributed by atoms with Gasteiger partial charge in [0.05, 0.1) is 10.3 Å². The minimum Gasteiger partial charge on any atom is -0.384 e. The maximum absolute atomic E-state index is 11.2. The lowest BCUT2D eigenvalue weighted by Crippen LogP contribution is -2.21. The Kier molecular flexibility index (Phi) is 5.76. The Morgan fingerprint density at radius 2 is 1.92 bits per heavy atom. The van der Waals surface area contributed by atoms with Crippen molar-refractivity contribution in [3.8, 4) is 0 Å². The van der Waals surface area contributed by atoms with Crippen molar-refractivity contribution in [3.63, 3.8) is 0 Å². The lowest BCUT2D eigenvalue weighted by atomic mass is 10.1. The molecule has 0 spiro atoms. The van der Waals surface area contributed by atoms with E-state index in [4.69, 9.17) is 0 Å². The van der Waals surface area contributed by atoms with Gasteiger partial charge in [0.15, 0.2) is 0 Å². The van der Waals surface area contributed by atoms with Crippen LogP contribution in [0, 0.1) is 10.1 Å². The highest BCUT2D eigenvalue weighted by Crippen LogP contribution is 2.30. The molecule has 0 saturated carbocycles. The highest BCUT2D eigenvalue weighted by molar-refractivity contribution is 5.99. The van der Waals surface area contributed by atoms with Crippen molar-refractivity contribution in [3.05, 3.63) is 76.6 Å². The average Bonchev–Trinajstić information content (AvgIpc) is 2.65. The third kappa shape index (κ3) is 4.34. The van der Waals surface area contributed by atoms with E-state index in [0.717, 1.165) is 37.1 Å². The molecule has 2 aromatic carbocycles.